The van der Waals surface area contributed by atoms with Crippen LogP contribution in [-0.4, -0.2) is 100 Å². The van der Waals surface area contributed by atoms with E-state index in [1.54, 1.807) is 27.7 Å². The first kappa shape index (κ1) is 48.7. The lowest BCUT2D eigenvalue weighted by molar-refractivity contribution is -0.137. The molecule has 4 aliphatic heterocycles. The largest absolute Gasteiger partial charge is 0.481 e. The second kappa shape index (κ2) is 20.9. The Balaban J connectivity index is 1.42. The number of allylic oxidation sites excluding steroid dienone is 1. The number of carbonyl (C=O) groups is 5. The van der Waals surface area contributed by atoms with Gasteiger partial charge in [0.2, 0.25) is 11.8 Å². The number of aromatic amines is 1. The summed E-state index contributed by atoms with van der Waals surface area (Å²) in [6.45, 7) is 18.3. The number of hydrogen-bond donors (Lipinski definition) is 10. The number of alkyl carbamates (subject to hydrolysis) is 1. The van der Waals surface area contributed by atoms with Crippen LogP contribution in [0.3, 0.4) is 0 Å². The summed E-state index contributed by atoms with van der Waals surface area (Å²) < 4.78 is 5.23. The molecule has 1 aromatic heterocycles. The van der Waals surface area contributed by atoms with Crippen molar-refractivity contribution in [2.45, 2.75) is 149 Å². The maximum Gasteiger partial charge on any atom is 0.407 e. The molecule has 0 spiro atoms. The number of amides is 3. The van der Waals surface area contributed by atoms with Gasteiger partial charge in [0, 0.05) is 54.5 Å². The van der Waals surface area contributed by atoms with Gasteiger partial charge in [0.1, 0.15) is 5.60 Å². The molecule has 7 unspecified atom stereocenters. The van der Waals surface area contributed by atoms with Crippen molar-refractivity contribution in [3.63, 3.8) is 0 Å². The first-order chi connectivity index (χ1) is 29.7. The lowest BCUT2D eigenvalue weighted by Gasteiger charge is -2.27. The van der Waals surface area contributed by atoms with Crippen molar-refractivity contribution in [1.29, 1.82) is 0 Å². The van der Waals surface area contributed by atoms with E-state index in [2.05, 4.69) is 83.7 Å². The number of rotatable bonds is 17. The van der Waals surface area contributed by atoms with Crippen LogP contribution in [0.5, 0.6) is 0 Å². The third-order valence-electron chi connectivity index (χ3n) is 12.9. The van der Waals surface area contributed by atoms with Crippen molar-refractivity contribution in [1.82, 2.24) is 36.9 Å². The van der Waals surface area contributed by atoms with E-state index in [-0.39, 0.29) is 67.2 Å². The molecule has 4 aliphatic rings. The average molecular weight is 875 g/mol. The Hall–Kier alpha value is -5.35. The highest BCUT2D eigenvalue weighted by Crippen LogP contribution is 2.41. The maximum absolute atomic E-state index is 14.0. The van der Waals surface area contributed by atoms with E-state index in [4.69, 9.17) is 10.5 Å². The number of carboxylic acids is 2. The van der Waals surface area contributed by atoms with E-state index < -0.39 is 41.8 Å². The lowest BCUT2D eigenvalue weighted by atomic mass is 9.80. The number of aromatic nitrogens is 1. The molecule has 0 aliphatic carbocycles. The summed E-state index contributed by atoms with van der Waals surface area (Å²) in [5, 5.41) is 42.0. The van der Waals surface area contributed by atoms with E-state index in [1.807, 2.05) is 6.08 Å². The Kier molecular flexibility index (Phi) is 16.1. The molecule has 16 nitrogen and oxygen atoms in total. The van der Waals surface area contributed by atoms with Gasteiger partial charge in [0.15, 0.2) is 0 Å². The van der Waals surface area contributed by atoms with Gasteiger partial charge in [-0.3, -0.25) is 14.4 Å². The number of unbranched alkanes of at least 4 members (excludes halogenated alkanes) is 1. The molecule has 5 heterocycles. The topological polar surface area (TPSA) is 249 Å². The molecule has 0 saturated carbocycles. The average Bonchev–Trinajstić information content (AvgIpc) is 3.89. The van der Waals surface area contributed by atoms with E-state index in [0.717, 1.165) is 45.9 Å². The number of H-pyrrole nitrogens is 1. The zero-order valence-electron chi connectivity index (χ0n) is 38.5. The van der Waals surface area contributed by atoms with Gasteiger partial charge < -0.3 is 57.6 Å². The van der Waals surface area contributed by atoms with Gasteiger partial charge in [0.05, 0.1) is 35.8 Å². The van der Waals surface area contributed by atoms with E-state index >= 15 is 0 Å². The summed E-state index contributed by atoms with van der Waals surface area (Å²) in [6.07, 6.45) is 9.19. The fraction of sp³-hybridized carbons (Fsp3) is 0.596. The van der Waals surface area contributed by atoms with Crippen molar-refractivity contribution >= 4 is 42.0 Å². The van der Waals surface area contributed by atoms with Crippen LogP contribution in [0.15, 0.2) is 45.3 Å². The van der Waals surface area contributed by atoms with Gasteiger partial charge in [-0.05, 0) is 144 Å². The highest BCUT2D eigenvalue weighted by atomic mass is 16.6. The number of ether oxygens (including phenoxy) is 1. The molecule has 3 amide bonds. The van der Waals surface area contributed by atoms with Crippen LogP contribution in [-0.2, 0) is 30.3 Å². The Morgan fingerprint density at radius 2 is 1.57 bits per heavy atom. The summed E-state index contributed by atoms with van der Waals surface area (Å²) in [4.78, 5) is 67.6. The Morgan fingerprint density at radius 3 is 2.22 bits per heavy atom. The molecule has 1 fully saturated rings. The summed E-state index contributed by atoms with van der Waals surface area (Å²) in [6, 6.07) is -2.12. The van der Waals surface area contributed by atoms with Crippen molar-refractivity contribution in [3.8, 4) is 0 Å². The van der Waals surface area contributed by atoms with E-state index in [0.29, 0.717) is 49.1 Å². The Morgan fingerprint density at radius 1 is 0.873 bits per heavy atom. The lowest BCUT2D eigenvalue weighted by Crippen LogP contribution is -2.44. The van der Waals surface area contributed by atoms with Crippen LogP contribution < -0.4 is 48.3 Å². The fourth-order valence-electron chi connectivity index (χ4n) is 9.47. The second-order valence-corrected chi connectivity index (χ2v) is 18.3. The third kappa shape index (κ3) is 11.8. The second-order valence-electron chi connectivity index (χ2n) is 18.3. The van der Waals surface area contributed by atoms with Gasteiger partial charge in [-0.2, -0.15) is 0 Å². The number of hydrogen-bond acceptors (Lipinski definition) is 10. The van der Waals surface area contributed by atoms with E-state index in [9.17, 15) is 34.2 Å². The monoisotopic (exact) mass is 875 g/mol. The quantitative estimate of drug-likeness (QED) is 0.102. The number of carbonyl (C=O) groups excluding carboxylic acids is 3. The van der Waals surface area contributed by atoms with Crippen molar-refractivity contribution < 1.29 is 38.9 Å². The molecule has 1 aromatic rings. The Bertz CT molecular complexity index is 2190. The first-order valence-electron chi connectivity index (χ1n) is 22.5. The van der Waals surface area contributed by atoms with Crippen LogP contribution in [0, 0.1) is 18.8 Å². The number of fused-ring (bicyclic) bond motifs is 8. The maximum atomic E-state index is 14.0. The van der Waals surface area contributed by atoms with Crippen molar-refractivity contribution in [3.05, 3.63) is 67.2 Å². The number of aliphatic carboxylic acids is 2. The normalized spacial score (nSPS) is 26.6. The molecule has 1 saturated heterocycles. The highest BCUT2D eigenvalue weighted by molar-refractivity contribution is 5.95. The molecule has 63 heavy (non-hydrogen) atoms. The van der Waals surface area contributed by atoms with Gasteiger partial charge in [0.25, 0.3) is 0 Å². The molecule has 8 bridgehead atoms. The molecule has 5 rings (SSSR count). The smallest absolute Gasteiger partial charge is 0.407 e. The standard InChI is InChI=1S/C47H70N8O8/c1-10-28-24(3)33-21-35-26(5)30(15-16-40(57)58)42(54-35)31(20-39(56)49-18-19-50-44(59)32(48)14-12-13-17-51-46(62)63-47(7,8)9)43-41(45(60)61)27(6)36(55-43)23-38-29(11-2)25(4)34(53-38)22-37(28)52-33/h21-23,26,30,32,35-37,42,52-55H,10-20,48H2,1-9H3,(H,49,56)(H,50,59)(H,51,62)(H,57,58)(H,60,61)/b33-21-,34-22-,38-23-,43-31-. The number of nitrogens with two attached hydrogens (primary N) is 1. The molecule has 16 heteroatoms. The van der Waals surface area contributed by atoms with Crippen LogP contribution >= 0.6 is 0 Å². The number of carboxylic acid groups (broad SMARTS) is 2. The van der Waals surface area contributed by atoms with Gasteiger partial charge >= 0.3 is 18.0 Å². The highest BCUT2D eigenvalue weighted by Gasteiger charge is 2.45. The minimum atomic E-state index is -1.13. The van der Waals surface area contributed by atoms with Crippen LogP contribution in [0.1, 0.15) is 111 Å². The summed E-state index contributed by atoms with van der Waals surface area (Å²) in [7, 11) is 0. The number of nitrogens with one attached hydrogen (secondary N) is 7. The van der Waals surface area contributed by atoms with Gasteiger partial charge in [-0.1, -0.05) is 20.8 Å². The van der Waals surface area contributed by atoms with Crippen molar-refractivity contribution in [2.75, 3.05) is 19.6 Å². The van der Waals surface area contributed by atoms with Crippen LogP contribution in [0.2, 0.25) is 0 Å². The predicted octanol–water partition coefficient (Wildman–Crippen LogP) is 2.77. The molecular weight excluding hydrogens is 805 g/mol. The van der Waals surface area contributed by atoms with Crippen molar-refractivity contribution in [2.24, 2.45) is 17.6 Å². The van der Waals surface area contributed by atoms with Crippen LogP contribution in [0.4, 0.5) is 4.79 Å². The van der Waals surface area contributed by atoms with E-state index in [1.165, 1.54) is 5.57 Å². The van der Waals surface area contributed by atoms with Gasteiger partial charge in [-0.15, -0.1) is 0 Å². The summed E-state index contributed by atoms with van der Waals surface area (Å²) >= 11 is 0. The molecule has 346 valence electrons. The third-order valence-corrected chi connectivity index (χ3v) is 12.9. The predicted molar refractivity (Wildman–Crippen MR) is 242 cm³/mol. The molecular formula is C47H70N8O8. The zero-order chi connectivity index (χ0) is 46.3. The molecule has 0 radical (unpaired) electrons. The Labute approximate surface area is 370 Å². The molecule has 0 aromatic carbocycles. The SMILES string of the molecule is CCC1=C(C)/C2=C/C3NC(/C(CC(=O)NCCNC(=O)C(N)CCCCNC(=O)OC(C)(C)C)=C4\NC(/C=c5\[nH]/c(c(C)c5CC)=C\C1N2)C(C)=C4C(=O)O)C(CCC(=O)O)C3C. The minimum Gasteiger partial charge on any atom is -0.481 e. The molecule has 11 N–H and O–H groups in total. The molecule has 7 atom stereocenters. The van der Waals surface area contributed by atoms with Crippen LogP contribution in [0.25, 0.3) is 12.2 Å². The summed E-state index contributed by atoms with van der Waals surface area (Å²) in [5.41, 5.74) is 12.8. The minimum absolute atomic E-state index is 0.0460. The first-order valence-corrected chi connectivity index (χ1v) is 22.5. The fourth-order valence-corrected chi connectivity index (χ4v) is 9.47. The van der Waals surface area contributed by atoms with Gasteiger partial charge in [-0.25, -0.2) is 9.59 Å². The zero-order valence-corrected chi connectivity index (χ0v) is 38.5. The summed E-state index contributed by atoms with van der Waals surface area (Å²) in [5.74, 6) is -3.16.